The topological polar surface area (TPSA) is 47.6 Å². The van der Waals surface area contributed by atoms with Gasteiger partial charge in [-0.15, -0.1) is 0 Å². The maximum Gasteiger partial charge on any atom is 0.243 e. The van der Waals surface area contributed by atoms with Crippen LogP contribution in [-0.4, -0.2) is 31.5 Å². The van der Waals surface area contributed by atoms with Crippen molar-refractivity contribution in [2.45, 2.75) is 70.6 Å². The zero-order valence-electron chi connectivity index (χ0n) is 13.9. The Kier molecular flexibility index (Phi) is 7.40. The van der Waals surface area contributed by atoms with Gasteiger partial charge in [0.15, 0.2) is 6.29 Å². The quantitative estimate of drug-likeness (QED) is 0.579. The van der Waals surface area contributed by atoms with E-state index in [1.54, 1.807) is 0 Å². The van der Waals surface area contributed by atoms with Crippen molar-refractivity contribution in [3.05, 3.63) is 12.7 Å². The average Bonchev–Trinajstić information content (AvgIpc) is 2.56. The minimum absolute atomic E-state index is 0.0292. The van der Waals surface area contributed by atoms with Gasteiger partial charge >= 0.3 is 0 Å². The lowest BCUT2D eigenvalue weighted by Crippen LogP contribution is -2.42. The van der Waals surface area contributed by atoms with Crippen LogP contribution in [0.1, 0.15) is 58.3 Å². The summed E-state index contributed by atoms with van der Waals surface area (Å²) in [6, 6.07) is 0.284. The number of unbranched alkanes of at least 4 members (excludes halogenated alkanes) is 2. The summed E-state index contributed by atoms with van der Waals surface area (Å²) in [5.41, 5.74) is 0. The van der Waals surface area contributed by atoms with E-state index in [4.69, 9.17) is 9.47 Å². The third kappa shape index (κ3) is 5.40. The minimum atomic E-state index is -0.0662. The highest BCUT2D eigenvalue weighted by molar-refractivity contribution is 5.87. The molecule has 0 spiro atoms. The first-order valence-electron chi connectivity index (χ1n) is 8.89. The summed E-state index contributed by atoms with van der Waals surface area (Å²) in [6.45, 7) is 7.43. The lowest BCUT2D eigenvalue weighted by molar-refractivity contribution is -0.229. The smallest absolute Gasteiger partial charge is 0.243 e. The summed E-state index contributed by atoms with van der Waals surface area (Å²) in [5, 5.41) is 2.99. The van der Waals surface area contributed by atoms with E-state index >= 15 is 0 Å². The number of hydrogen-bond acceptors (Lipinski definition) is 3. The maximum absolute atomic E-state index is 11.3. The van der Waals surface area contributed by atoms with Gasteiger partial charge in [-0.25, -0.2) is 0 Å². The molecule has 2 rings (SSSR count). The third-order valence-electron chi connectivity index (χ3n) is 4.90. The first-order valence-corrected chi connectivity index (χ1v) is 8.89. The zero-order valence-corrected chi connectivity index (χ0v) is 13.9. The number of hydrogen-bond donors (Lipinski definition) is 1. The second-order valence-electron chi connectivity index (χ2n) is 6.72. The van der Waals surface area contributed by atoms with Gasteiger partial charge in [0.25, 0.3) is 0 Å². The molecule has 0 atom stereocenters. The molecule has 2 aliphatic rings. The van der Waals surface area contributed by atoms with E-state index in [1.807, 2.05) is 0 Å². The van der Waals surface area contributed by atoms with Crippen molar-refractivity contribution in [1.29, 1.82) is 0 Å². The molecule has 1 saturated carbocycles. The van der Waals surface area contributed by atoms with E-state index in [2.05, 4.69) is 18.8 Å². The number of carbonyl (C=O) groups excluding carboxylic acids is 1. The summed E-state index contributed by atoms with van der Waals surface area (Å²) < 4.78 is 11.9. The molecule has 4 heteroatoms. The van der Waals surface area contributed by atoms with E-state index in [-0.39, 0.29) is 18.2 Å². The lowest BCUT2D eigenvalue weighted by Gasteiger charge is -2.37. The molecule has 1 heterocycles. The van der Waals surface area contributed by atoms with Crippen molar-refractivity contribution in [2.24, 2.45) is 11.8 Å². The van der Waals surface area contributed by atoms with Crippen molar-refractivity contribution >= 4 is 5.91 Å². The number of carbonyl (C=O) groups is 1. The van der Waals surface area contributed by atoms with Crippen molar-refractivity contribution in [1.82, 2.24) is 5.32 Å². The van der Waals surface area contributed by atoms with Crippen LogP contribution in [0.3, 0.4) is 0 Å². The van der Waals surface area contributed by atoms with Crippen molar-refractivity contribution < 1.29 is 14.3 Å². The fraction of sp³-hybridized carbons (Fsp3) is 0.833. The Morgan fingerprint density at radius 1 is 1.18 bits per heavy atom. The molecular formula is C18H31NO3. The van der Waals surface area contributed by atoms with Crippen molar-refractivity contribution in [3.8, 4) is 0 Å². The first-order chi connectivity index (χ1) is 10.7. The third-order valence-corrected chi connectivity index (χ3v) is 4.90. The van der Waals surface area contributed by atoms with E-state index in [1.165, 1.54) is 31.8 Å². The monoisotopic (exact) mass is 309 g/mol. The SMILES string of the molecule is C=CC(=O)NC1CCC(C2OCC(CCCCC)CO2)CC1. The van der Waals surface area contributed by atoms with E-state index in [9.17, 15) is 4.79 Å². The van der Waals surface area contributed by atoms with Crippen LogP contribution in [0.4, 0.5) is 0 Å². The molecule has 1 N–H and O–H groups in total. The molecular weight excluding hydrogens is 278 g/mol. The number of ether oxygens (including phenoxy) is 2. The van der Waals surface area contributed by atoms with Gasteiger partial charge in [-0.3, -0.25) is 4.79 Å². The summed E-state index contributed by atoms with van der Waals surface area (Å²) in [5.74, 6) is 0.989. The second-order valence-corrected chi connectivity index (χ2v) is 6.72. The number of amides is 1. The van der Waals surface area contributed by atoms with Gasteiger partial charge in [0.1, 0.15) is 0 Å². The van der Waals surface area contributed by atoms with Crippen LogP contribution >= 0.6 is 0 Å². The summed E-state index contributed by atoms with van der Waals surface area (Å²) in [6.07, 6.45) is 10.5. The van der Waals surface area contributed by atoms with E-state index in [0.29, 0.717) is 11.8 Å². The van der Waals surface area contributed by atoms with Gasteiger partial charge < -0.3 is 14.8 Å². The standard InChI is InChI=1S/C18H31NO3/c1-3-5-6-7-14-12-21-18(22-13-14)15-8-10-16(11-9-15)19-17(20)4-2/h4,14-16,18H,2-3,5-13H2,1H3,(H,19,20). The highest BCUT2D eigenvalue weighted by atomic mass is 16.7. The second kappa shape index (κ2) is 9.31. The molecule has 1 saturated heterocycles. The van der Waals surface area contributed by atoms with Crippen LogP contribution in [0.5, 0.6) is 0 Å². The van der Waals surface area contributed by atoms with Gasteiger partial charge in [0.2, 0.25) is 5.91 Å². The van der Waals surface area contributed by atoms with Crippen molar-refractivity contribution in [3.63, 3.8) is 0 Å². The minimum Gasteiger partial charge on any atom is -0.352 e. The van der Waals surface area contributed by atoms with Crippen LogP contribution in [-0.2, 0) is 14.3 Å². The average molecular weight is 309 g/mol. The predicted octanol–water partition coefficient (Wildman–Crippen LogP) is 3.42. The summed E-state index contributed by atoms with van der Waals surface area (Å²) >= 11 is 0. The molecule has 1 amide bonds. The Bertz CT molecular complexity index is 342. The molecule has 0 aromatic rings. The first kappa shape index (κ1) is 17.5. The normalized spacial score (nSPS) is 32.4. The molecule has 0 bridgehead atoms. The number of rotatable bonds is 7. The summed E-state index contributed by atoms with van der Waals surface area (Å²) in [4.78, 5) is 11.3. The van der Waals surface area contributed by atoms with Gasteiger partial charge in [-0.05, 0) is 38.2 Å². The van der Waals surface area contributed by atoms with E-state index in [0.717, 1.165) is 38.9 Å². The molecule has 2 fully saturated rings. The largest absolute Gasteiger partial charge is 0.352 e. The highest BCUT2D eigenvalue weighted by Gasteiger charge is 2.32. The molecule has 0 radical (unpaired) electrons. The Morgan fingerprint density at radius 3 is 2.45 bits per heavy atom. The molecule has 4 nitrogen and oxygen atoms in total. The fourth-order valence-electron chi connectivity index (χ4n) is 3.48. The lowest BCUT2D eigenvalue weighted by atomic mass is 9.85. The Balaban J connectivity index is 1.64. The van der Waals surface area contributed by atoms with Crippen LogP contribution < -0.4 is 5.32 Å². The zero-order chi connectivity index (χ0) is 15.8. The Hall–Kier alpha value is -0.870. The molecule has 22 heavy (non-hydrogen) atoms. The van der Waals surface area contributed by atoms with Crippen LogP contribution in [0.2, 0.25) is 0 Å². The van der Waals surface area contributed by atoms with Crippen LogP contribution in [0.15, 0.2) is 12.7 Å². The molecule has 0 aromatic carbocycles. The Labute approximate surface area is 134 Å². The fourth-order valence-corrected chi connectivity index (χ4v) is 3.48. The van der Waals surface area contributed by atoms with Crippen LogP contribution in [0, 0.1) is 11.8 Å². The molecule has 1 aliphatic heterocycles. The summed E-state index contributed by atoms with van der Waals surface area (Å²) in [7, 11) is 0. The van der Waals surface area contributed by atoms with Crippen molar-refractivity contribution in [2.75, 3.05) is 13.2 Å². The Morgan fingerprint density at radius 2 is 1.86 bits per heavy atom. The maximum atomic E-state index is 11.3. The predicted molar refractivity (Wildman–Crippen MR) is 87.4 cm³/mol. The van der Waals surface area contributed by atoms with Gasteiger partial charge in [-0.2, -0.15) is 0 Å². The van der Waals surface area contributed by atoms with Gasteiger partial charge in [0.05, 0.1) is 13.2 Å². The molecule has 1 aliphatic carbocycles. The molecule has 0 unspecified atom stereocenters. The molecule has 0 aromatic heterocycles. The van der Waals surface area contributed by atoms with Gasteiger partial charge in [0, 0.05) is 17.9 Å². The number of nitrogens with one attached hydrogen (secondary N) is 1. The van der Waals surface area contributed by atoms with E-state index < -0.39 is 0 Å². The molecule has 126 valence electrons. The van der Waals surface area contributed by atoms with Crippen LogP contribution in [0.25, 0.3) is 0 Å². The highest BCUT2D eigenvalue weighted by Crippen LogP contribution is 2.31. The van der Waals surface area contributed by atoms with Gasteiger partial charge in [-0.1, -0.05) is 32.8 Å².